The van der Waals surface area contributed by atoms with Crippen molar-refractivity contribution < 1.29 is 9.53 Å². The Morgan fingerprint density at radius 3 is 1.75 bits per heavy atom. The van der Waals surface area contributed by atoms with Crippen LogP contribution in [-0.4, -0.2) is 75.8 Å². The highest BCUT2D eigenvalue weighted by molar-refractivity contribution is 5.87. The number of fused-ring (bicyclic) bond motifs is 2. The molecule has 2 aliphatic rings. The number of likely N-dealkylation sites (tertiary alicyclic amines) is 1. The molecule has 2 fully saturated rings. The van der Waals surface area contributed by atoms with Gasteiger partial charge < -0.3 is 25.6 Å². The highest BCUT2D eigenvalue weighted by atomic mass is 16.6. The Morgan fingerprint density at radius 2 is 1.25 bits per heavy atom. The highest BCUT2D eigenvalue weighted by Crippen LogP contribution is 2.26. The topological polar surface area (TPSA) is 117 Å². The summed E-state index contributed by atoms with van der Waals surface area (Å²) in [5.41, 5.74) is 3.56. The standard InChI is InChI=1S/C24H28N4O2.C18H18N4/c1-24(2,3)30-23(29)28-13-11-17(16-28)15-26-22-25-12-10-21(27-22)20-9-8-18-6-4-5-7-19(18)14-20;1-2-4-15-9-16(6-5-14(15)3-1)17-7-8-20-18(22-17)21-12-13-10-19-11-13/h4-10,12,14,17H,11,13,15-16H2,1-3H3,(H,25,26,27);1-9,13,19H,10-12H2,(H,20,21,22)/t17-;/m0./s1. The van der Waals surface area contributed by atoms with E-state index in [9.17, 15) is 4.79 Å². The molecule has 1 atom stereocenters. The van der Waals surface area contributed by atoms with E-state index in [2.05, 4.69) is 109 Å². The zero-order valence-electron chi connectivity index (χ0n) is 30.0. The number of ether oxygens (including phenoxy) is 1. The third kappa shape index (κ3) is 8.99. The van der Waals surface area contributed by atoms with Crippen molar-refractivity contribution in [2.75, 3.05) is 49.9 Å². The van der Waals surface area contributed by atoms with Gasteiger partial charge in [0.25, 0.3) is 0 Å². The van der Waals surface area contributed by atoms with Crippen LogP contribution in [0.5, 0.6) is 0 Å². The molecule has 4 heterocycles. The number of hydrogen-bond donors (Lipinski definition) is 3. The number of carbonyl (C=O) groups excluding carboxylic acids is 1. The molecule has 10 nitrogen and oxygen atoms in total. The summed E-state index contributed by atoms with van der Waals surface area (Å²) in [6.07, 6.45) is 4.30. The van der Waals surface area contributed by atoms with Crippen molar-refractivity contribution in [3.63, 3.8) is 0 Å². The summed E-state index contributed by atoms with van der Waals surface area (Å²) in [7, 11) is 0. The minimum atomic E-state index is -0.468. The molecule has 10 heteroatoms. The van der Waals surface area contributed by atoms with Crippen LogP contribution in [0, 0.1) is 11.8 Å². The van der Waals surface area contributed by atoms with Crippen molar-refractivity contribution in [3.05, 3.63) is 109 Å². The number of nitrogens with one attached hydrogen (secondary N) is 3. The van der Waals surface area contributed by atoms with Gasteiger partial charge in [0.1, 0.15) is 5.60 Å². The molecule has 0 unspecified atom stereocenters. The molecule has 1 amide bonds. The monoisotopic (exact) mass is 694 g/mol. The van der Waals surface area contributed by atoms with Gasteiger partial charge in [-0.1, -0.05) is 72.8 Å². The van der Waals surface area contributed by atoms with Gasteiger partial charge in [0.2, 0.25) is 11.9 Å². The Balaban J connectivity index is 0.000000169. The van der Waals surface area contributed by atoms with E-state index in [0.29, 0.717) is 30.3 Å². The van der Waals surface area contributed by atoms with E-state index >= 15 is 0 Å². The summed E-state index contributed by atoms with van der Waals surface area (Å²) < 4.78 is 5.47. The van der Waals surface area contributed by atoms with E-state index in [-0.39, 0.29) is 6.09 Å². The molecule has 2 aliphatic heterocycles. The van der Waals surface area contributed by atoms with Crippen LogP contribution < -0.4 is 16.0 Å². The van der Waals surface area contributed by atoms with Crippen LogP contribution in [0.15, 0.2) is 109 Å². The molecule has 2 aromatic heterocycles. The Morgan fingerprint density at radius 1 is 0.731 bits per heavy atom. The minimum Gasteiger partial charge on any atom is -0.444 e. The number of hydrogen-bond acceptors (Lipinski definition) is 9. The largest absolute Gasteiger partial charge is 0.444 e. The van der Waals surface area contributed by atoms with Gasteiger partial charge in [-0.05, 0) is 78.9 Å². The predicted molar refractivity (Wildman–Crippen MR) is 209 cm³/mol. The van der Waals surface area contributed by atoms with Crippen LogP contribution in [0.2, 0.25) is 0 Å². The SMILES string of the molecule is CC(C)(C)OC(=O)N1CC[C@@H](CNc2nccc(-c3ccc4ccccc4c3)n2)C1.c1ccc2cc(-c3ccnc(NCC4CNC4)n3)ccc2c1. The Kier molecular flexibility index (Phi) is 10.5. The molecule has 0 saturated carbocycles. The van der Waals surface area contributed by atoms with Gasteiger partial charge >= 0.3 is 6.09 Å². The van der Waals surface area contributed by atoms with Gasteiger partial charge in [0.05, 0.1) is 11.4 Å². The second kappa shape index (κ2) is 15.7. The summed E-state index contributed by atoms with van der Waals surface area (Å²) in [5.74, 6) is 2.35. The summed E-state index contributed by atoms with van der Waals surface area (Å²) in [5, 5.41) is 14.8. The van der Waals surface area contributed by atoms with E-state index in [0.717, 1.165) is 61.7 Å². The first-order valence-corrected chi connectivity index (χ1v) is 18.1. The number of amides is 1. The molecular weight excluding hydrogens is 649 g/mol. The van der Waals surface area contributed by atoms with E-state index in [1.54, 1.807) is 11.1 Å². The maximum atomic E-state index is 12.2. The molecule has 3 N–H and O–H groups in total. The molecular formula is C42H46N8O2. The van der Waals surface area contributed by atoms with Gasteiger partial charge in [-0.2, -0.15) is 0 Å². The molecule has 0 bridgehead atoms. The van der Waals surface area contributed by atoms with Crippen LogP contribution in [0.25, 0.3) is 44.1 Å². The average molecular weight is 695 g/mol. The smallest absolute Gasteiger partial charge is 0.410 e. The summed E-state index contributed by atoms with van der Waals surface area (Å²) >= 11 is 0. The predicted octanol–water partition coefficient (Wildman–Crippen LogP) is 7.89. The third-order valence-electron chi connectivity index (χ3n) is 9.30. The Labute approximate surface area is 305 Å². The van der Waals surface area contributed by atoms with Crippen molar-refractivity contribution >= 4 is 39.5 Å². The lowest BCUT2D eigenvalue weighted by Gasteiger charge is -2.27. The quantitative estimate of drug-likeness (QED) is 0.146. The maximum Gasteiger partial charge on any atom is 0.410 e. The normalized spacial score (nSPS) is 15.8. The second-order valence-corrected chi connectivity index (χ2v) is 14.5. The fraction of sp³-hybridized carbons (Fsp3) is 0.310. The van der Waals surface area contributed by atoms with Crippen LogP contribution in [0.4, 0.5) is 16.7 Å². The van der Waals surface area contributed by atoms with Crippen molar-refractivity contribution in [3.8, 4) is 22.5 Å². The lowest BCUT2D eigenvalue weighted by atomic mass is 10.0. The van der Waals surface area contributed by atoms with Crippen molar-refractivity contribution in [2.24, 2.45) is 11.8 Å². The average Bonchev–Trinajstić information content (AvgIpc) is 3.62. The van der Waals surface area contributed by atoms with Crippen LogP contribution in [0.1, 0.15) is 27.2 Å². The van der Waals surface area contributed by atoms with E-state index in [4.69, 9.17) is 4.74 Å². The zero-order chi connectivity index (χ0) is 35.9. The Hall–Kier alpha value is -5.61. The molecule has 0 spiro atoms. The maximum absolute atomic E-state index is 12.2. The van der Waals surface area contributed by atoms with Gasteiger partial charge in [-0.25, -0.2) is 24.7 Å². The summed E-state index contributed by atoms with van der Waals surface area (Å²) in [4.78, 5) is 32.0. The van der Waals surface area contributed by atoms with Gasteiger partial charge in [0.15, 0.2) is 0 Å². The highest BCUT2D eigenvalue weighted by Gasteiger charge is 2.29. The number of rotatable bonds is 8. The summed E-state index contributed by atoms with van der Waals surface area (Å²) in [6.45, 7) is 10.9. The molecule has 6 aromatic rings. The van der Waals surface area contributed by atoms with E-state index in [1.807, 2.05) is 51.2 Å². The first-order chi connectivity index (χ1) is 25.3. The molecule has 8 rings (SSSR count). The van der Waals surface area contributed by atoms with Crippen molar-refractivity contribution in [1.29, 1.82) is 0 Å². The molecule has 266 valence electrons. The Bertz CT molecular complexity index is 2150. The molecule has 0 aliphatic carbocycles. The van der Waals surface area contributed by atoms with Crippen molar-refractivity contribution in [2.45, 2.75) is 32.8 Å². The lowest BCUT2D eigenvalue weighted by molar-refractivity contribution is 0.0289. The number of aromatic nitrogens is 4. The van der Waals surface area contributed by atoms with Gasteiger partial charge in [0, 0.05) is 68.7 Å². The fourth-order valence-electron chi connectivity index (χ4n) is 6.36. The van der Waals surface area contributed by atoms with Crippen LogP contribution in [-0.2, 0) is 4.74 Å². The van der Waals surface area contributed by atoms with Crippen LogP contribution in [0.3, 0.4) is 0 Å². The number of anilines is 2. The number of nitrogens with zero attached hydrogens (tertiary/aromatic N) is 5. The fourth-order valence-corrected chi connectivity index (χ4v) is 6.36. The lowest BCUT2D eigenvalue weighted by Crippen LogP contribution is -2.45. The third-order valence-corrected chi connectivity index (χ3v) is 9.30. The zero-order valence-corrected chi connectivity index (χ0v) is 30.0. The van der Waals surface area contributed by atoms with Crippen molar-refractivity contribution in [1.82, 2.24) is 30.2 Å². The molecule has 4 aromatic carbocycles. The molecule has 52 heavy (non-hydrogen) atoms. The van der Waals surface area contributed by atoms with Gasteiger partial charge in [-0.15, -0.1) is 0 Å². The van der Waals surface area contributed by atoms with Crippen LogP contribution >= 0.6 is 0 Å². The molecule has 0 radical (unpaired) electrons. The van der Waals surface area contributed by atoms with Gasteiger partial charge in [-0.3, -0.25) is 0 Å². The van der Waals surface area contributed by atoms with E-state index in [1.165, 1.54) is 21.5 Å². The number of carbonyl (C=O) groups is 1. The number of benzene rings is 4. The van der Waals surface area contributed by atoms with E-state index < -0.39 is 5.60 Å². The minimum absolute atomic E-state index is 0.237. The summed E-state index contributed by atoms with van der Waals surface area (Å²) in [6, 6.07) is 33.3. The first-order valence-electron chi connectivity index (χ1n) is 18.1. The first kappa shape index (κ1) is 34.8. The second-order valence-electron chi connectivity index (χ2n) is 14.5. The molecule has 2 saturated heterocycles.